The van der Waals surface area contributed by atoms with Crippen molar-refractivity contribution >= 4 is 97.6 Å². The van der Waals surface area contributed by atoms with Gasteiger partial charge in [0.05, 0.1) is 23.1 Å². The van der Waals surface area contributed by atoms with Gasteiger partial charge >= 0.3 is 5.97 Å². The SMILES string of the molecule is CC(=O)c1cn(CC(=O)N(CC(=O)NCc2cccc(Cl)c2F)C2CC2)c2ccc(CC(=O)CC3CC3)cc12.CC(=O)c1cn(CC(=O)N(CC(=O)NCc2cccc(Cl)c2F)C2CC2)c2ccc(N)cc12.O=C(O)CC1CC1. The average Bonchev–Trinajstić information content (AvgIpc) is 4.20. The zero-order chi connectivity index (χ0) is 56.7. The minimum Gasteiger partial charge on any atom is -0.481 e. The summed E-state index contributed by atoms with van der Waals surface area (Å²) in [6, 6.07) is 20.0. The van der Waals surface area contributed by atoms with Crippen LogP contribution in [0.3, 0.4) is 0 Å². The van der Waals surface area contributed by atoms with E-state index in [1.807, 2.05) is 18.2 Å². The smallest absolute Gasteiger partial charge is 0.303 e. The molecule has 4 saturated carbocycles. The Kier molecular flexibility index (Phi) is 18.7. The third-order valence-corrected chi connectivity index (χ3v) is 14.8. The van der Waals surface area contributed by atoms with Crippen LogP contribution in [-0.2, 0) is 61.4 Å². The van der Waals surface area contributed by atoms with Crippen LogP contribution in [0.4, 0.5) is 14.5 Å². The molecule has 4 aliphatic carbocycles. The Morgan fingerprint density at radius 3 is 1.48 bits per heavy atom. The lowest BCUT2D eigenvalue weighted by atomic mass is 10.0. The van der Waals surface area contributed by atoms with Crippen LogP contribution in [0.2, 0.25) is 10.0 Å². The second-order valence-corrected chi connectivity index (χ2v) is 21.8. The molecule has 0 atom stereocenters. The Morgan fingerprint density at radius 2 is 1.06 bits per heavy atom. The second kappa shape index (κ2) is 25.6. The summed E-state index contributed by atoms with van der Waals surface area (Å²) >= 11 is 11.6. The molecule has 0 saturated heterocycles. The van der Waals surface area contributed by atoms with Gasteiger partial charge < -0.3 is 40.4 Å². The lowest BCUT2D eigenvalue weighted by Gasteiger charge is -2.22. The summed E-state index contributed by atoms with van der Waals surface area (Å²) < 4.78 is 31.7. The summed E-state index contributed by atoms with van der Waals surface area (Å²) in [5.74, 6) is -2.05. The minimum atomic E-state index is -0.650. The fourth-order valence-electron chi connectivity index (χ4n) is 9.37. The van der Waals surface area contributed by atoms with E-state index in [1.54, 1.807) is 73.8 Å². The van der Waals surface area contributed by atoms with Gasteiger partial charge in [-0.2, -0.15) is 0 Å². The van der Waals surface area contributed by atoms with Gasteiger partial charge in [-0.1, -0.05) is 53.5 Å². The van der Waals surface area contributed by atoms with E-state index in [0.29, 0.717) is 58.7 Å². The first-order valence-electron chi connectivity index (χ1n) is 26.5. The Bertz CT molecular complexity index is 3340. The van der Waals surface area contributed by atoms with Crippen molar-refractivity contribution in [1.82, 2.24) is 29.6 Å². The molecule has 0 bridgehead atoms. The number of carboxylic acids is 1. The summed E-state index contributed by atoms with van der Waals surface area (Å²) in [6.07, 6.45) is 12.4. The number of aromatic nitrogens is 2. The molecule has 10 rings (SSSR count). The molecule has 2 aromatic heterocycles. The van der Waals surface area contributed by atoms with Crippen molar-refractivity contribution in [3.63, 3.8) is 0 Å². The van der Waals surface area contributed by atoms with Crippen molar-refractivity contribution in [3.05, 3.63) is 135 Å². The first-order chi connectivity index (χ1) is 37.7. The van der Waals surface area contributed by atoms with Gasteiger partial charge in [0.25, 0.3) is 0 Å². The van der Waals surface area contributed by atoms with Crippen LogP contribution in [0.25, 0.3) is 21.8 Å². The van der Waals surface area contributed by atoms with E-state index in [1.165, 1.54) is 26.0 Å². The highest BCUT2D eigenvalue weighted by Crippen LogP contribution is 2.34. The van der Waals surface area contributed by atoms with Crippen molar-refractivity contribution in [1.29, 1.82) is 0 Å². The number of aliphatic carboxylic acids is 1. The van der Waals surface area contributed by atoms with Gasteiger partial charge in [0, 0.05) is 107 Å². The lowest BCUT2D eigenvalue weighted by Crippen LogP contribution is -2.43. The van der Waals surface area contributed by atoms with Crippen molar-refractivity contribution in [2.75, 3.05) is 18.8 Å². The average molecular weight is 1120 g/mol. The molecule has 16 nitrogen and oxygen atoms in total. The third-order valence-electron chi connectivity index (χ3n) is 14.3. The largest absolute Gasteiger partial charge is 0.481 e. The van der Waals surface area contributed by atoms with Crippen LogP contribution in [0.5, 0.6) is 0 Å². The first kappa shape index (κ1) is 57.7. The number of ketones is 3. The highest BCUT2D eigenvalue weighted by molar-refractivity contribution is 6.31. The Hall–Kier alpha value is -7.44. The highest BCUT2D eigenvalue weighted by Gasteiger charge is 2.36. The number of carboxylic acid groups (broad SMARTS) is 1. The molecular weight excluding hydrogens is 1060 g/mol. The zero-order valence-electron chi connectivity index (χ0n) is 44.0. The Balaban J connectivity index is 0.000000187. The van der Waals surface area contributed by atoms with E-state index >= 15 is 0 Å². The molecule has 4 aliphatic rings. The van der Waals surface area contributed by atoms with Crippen LogP contribution >= 0.6 is 23.2 Å². The van der Waals surface area contributed by atoms with Gasteiger partial charge in [-0.15, -0.1) is 0 Å². The highest BCUT2D eigenvalue weighted by atomic mass is 35.5. The number of halogens is 4. The summed E-state index contributed by atoms with van der Waals surface area (Å²) in [5, 5.41) is 14.8. The maximum Gasteiger partial charge on any atom is 0.303 e. The van der Waals surface area contributed by atoms with Gasteiger partial charge in [-0.05, 0) is 125 Å². The number of anilines is 1. The van der Waals surface area contributed by atoms with Gasteiger partial charge in [0.1, 0.15) is 30.5 Å². The van der Waals surface area contributed by atoms with Gasteiger partial charge in [0.2, 0.25) is 23.6 Å². The number of hydrogen-bond donors (Lipinski definition) is 4. The fraction of sp³-hybridized carbons (Fsp3) is 0.390. The van der Waals surface area contributed by atoms with Crippen molar-refractivity contribution in [3.8, 4) is 0 Å². The predicted molar refractivity (Wildman–Crippen MR) is 295 cm³/mol. The van der Waals surface area contributed by atoms with Crippen molar-refractivity contribution in [2.24, 2.45) is 11.8 Å². The number of nitrogen functional groups attached to an aromatic ring is 1. The van der Waals surface area contributed by atoms with E-state index in [2.05, 4.69) is 10.6 Å². The quantitative estimate of drug-likeness (QED) is 0.0373. The number of fused-ring (bicyclic) bond motifs is 2. The van der Waals surface area contributed by atoms with E-state index in [0.717, 1.165) is 68.0 Å². The maximum absolute atomic E-state index is 14.2. The molecule has 4 fully saturated rings. The summed E-state index contributed by atoms with van der Waals surface area (Å²) in [7, 11) is 0. The van der Waals surface area contributed by atoms with Gasteiger partial charge in [-0.3, -0.25) is 38.4 Å². The standard InChI is InChI=1S/C30H31ClFN3O4.C24H24ClFN4O3.C5H8O2/c1-18(36)25-15-34(27-10-7-20(13-24(25)27)12-23(37)11-19-5-6-19)17-29(39)35(22-8-9-22)16-28(38)33-14-21-3-2-4-26(31)30(21)32;1-14(31)19-11-29(21-8-5-16(27)9-18(19)21)13-23(33)30(17-6-7-17)12-22(32)28-10-15-3-2-4-20(25)24(15)26;6-5(7)3-4-1-2-4/h2-4,7,10,13,15,19,22H,5-6,8-9,11-12,14,16-17H2,1H3,(H,33,38);2-5,8-9,11,17H,6-7,10,12-13,27H2,1H3,(H,28,32);4H,1-3H2,(H,6,7). The lowest BCUT2D eigenvalue weighted by molar-refractivity contribution is -0.137. The number of nitrogens with one attached hydrogen (secondary N) is 2. The number of benzene rings is 4. The number of nitrogens with two attached hydrogens (primary N) is 1. The Morgan fingerprint density at radius 1 is 0.620 bits per heavy atom. The predicted octanol–water partition coefficient (Wildman–Crippen LogP) is 9.25. The molecule has 6 aromatic rings. The minimum absolute atomic E-state index is 0.00379. The number of carbonyl (C=O) groups excluding carboxylic acids is 7. The number of rotatable bonds is 22. The molecule has 4 amide bonds. The summed E-state index contributed by atoms with van der Waals surface area (Å²) in [5.41, 5.74) is 10.2. The third kappa shape index (κ3) is 15.9. The molecule has 2 heterocycles. The first-order valence-corrected chi connectivity index (χ1v) is 27.2. The topological polar surface area (TPSA) is 223 Å². The monoisotopic (exact) mass is 1120 g/mol. The van der Waals surface area contributed by atoms with Crippen LogP contribution < -0.4 is 16.4 Å². The van der Waals surface area contributed by atoms with E-state index in [4.69, 9.17) is 34.0 Å². The van der Waals surface area contributed by atoms with E-state index < -0.39 is 23.5 Å². The number of carbonyl (C=O) groups is 8. The summed E-state index contributed by atoms with van der Waals surface area (Å²) in [4.78, 5) is 101. The van der Waals surface area contributed by atoms with Crippen LogP contribution in [0.1, 0.15) is 115 Å². The molecule has 0 aliphatic heterocycles. The molecular formula is C59H63Cl2F2N7O9. The molecule has 20 heteroatoms. The molecule has 416 valence electrons. The van der Waals surface area contributed by atoms with Crippen LogP contribution in [0.15, 0.2) is 85.2 Å². The van der Waals surface area contributed by atoms with Crippen LogP contribution in [0, 0.1) is 23.5 Å². The van der Waals surface area contributed by atoms with Crippen LogP contribution in [-0.4, -0.2) is 96.2 Å². The second-order valence-electron chi connectivity index (χ2n) is 21.0. The number of hydrogen-bond acceptors (Lipinski definition) is 9. The normalized spacial score (nSPS) is 14.6. The molecule has 0 spiro atoms. The summed E-state index contributed by atoms with van der Waals surface area (Å²) in [6.45, 7) is 2.58. The molecule has 0 radical (unpaired) electrons. The van der Waals surface area contributed by atoms with Gasteiger partial charge in [-0.25, -0.2) is 8.78 Å². The number of Topliss-reactive ketones (excluding diaryl/α,β-unsaturated/α-hetero) is 3. The van der Waals surface area contributed by atoms with Crippen molar-refractivity contribution < 1.29 is 52.2 Å². The van der Waals surface area contributed by atoms with E-state index in [9.17, 15) is 47.1 Å². The molecule has 79 heavy (non-hydrogen) atoms. The van der Waals surface area contributed by atoms with Crippen molar-refractivity contribution in [2.45, 2.75) is 123 Å². The van der Waals surface area contributed by atoms with Gasteiger partial charge in [0.15, 0.2) is 11.6 Å². The van der Waals surface area contributed by atoms with E-state index in [-0.39, 0.29) is 108 Å². The number of amides is 4. The Labute approximate surface area is 465 Å². The molecule has 0 unspecified atom stereocenters. The number of nitrogens with zero attached hydrogens (tertiary/aromatic N) is 4. The zero-order valence-corrected chi connectivity index (χ0v) is 45.5. The molecule has 5 N–H and O–H groups in total. The molecule has 4 aromatic carbocycles. The maximum atomic E-state index is 14.2. The fourth-order valence-corrected chi connectivity index (χ4v) is 9.76.